The molecule has 0 aliphatic rings. The topological polar surface area (TPSA) is 58.7 Å². The number of hydrogen-bond acceptors (Lipinski definition) is 4. The molecule has 0 bridgehead atoms. The Bertz CT molecular complexity index is 962. The lowest BCUT2D eigenvalue weighted by molar-refractivity contribution is 0.730. The molecule has 4 nitrogen and oxygen atoms in total. The third kappa shape index (κ3) is 3.31. The molecule has 0 saturated carbocycles. The van der Waals surface area contributed by atoms with Gasteiger partial charge in [-0.25, -0.2) is 4.98 Å². The summed E-state index contributed by atoms with van der Waals surface area (Å²) in [6, 6.07) is 17.1. The van der Waals surface area contributed by atoms with Crippen molar-refractivity contribution in [3.63, 3.8) is 0 Å². The smallest absolute Gasteiger partial charge is 0.262 e. The van der Waals surface area contributed by atoms with Gasteiger partial charge >= 0.3 is 0 Å². The summed E-state index contributed by atoms with van der Waals surface area (Å²) in [6.07, 6.45) is 0. The molecule has 0 saturated heterocycles. The van der Waals surface area contributed by atoms with Crippen molar-refractivity contribution in [1.82, 2.24) is 9.55 Å². The molecule has 1 heterocycles. The normalized spacial score (nSPS) is 10.6. The van der Waals surface area contributed by atoms with Crippen molar-refractivity contribution in [2.75, 3.05) is 0 Å². The number of aromatic nitrogens is 2. The van der Waals surface area contributed by atoms with E-state index in [1.54, 1.807) is 23.9 Å². The van der Waals surface area contributed by atoms with Crippen molar-refractivity contribution in [1.29, 1.82) is 5.26 Å². The Labute approximate surface area is 145 Å². The first-order chi connectivity index (χ1) is 11.2. The number of hydrogen-bond donors (Lipinski definition) is 0. The fourth-order valence-electron chi connectivity index (χ4n) is 2.26. The molecule has 0 unspecified atom stereocenters. The quantitative estimate of drug-likeness (QED) is 0.637. The van der Waals surface area contributed by atoms with Crippen LogP contribution in [0.2, 0.25) is 0 Å². The van der Waals surface area contributed by atoms with Crippen LogP contribution in [0.4, 0.5) is 0 Å². The second-order valence-corrected chi connectivity index (χ2v) is 6.69. The maximum absolute atomic E-state index is 12.6. The predicted molar refractivity (Wildman–Crippen MR) is 95.3 cm³/mol. The number of halogens is 1. The number of thioether (sulfide) groups is 1. The number of rotatable bonds is 4. The van der Waals surface area contributed by atoms with Crippen LogP contribution < -0.4 is 5.56 Å². The summed E-state index contributed by atoms with van der Waals surface area (Å²) < 4.78 is 2.45. The highest BCUT2D eigenvalue weighted by molar-refractivity contribution is 9.10. The van der Waals surface area contributed by atoms with Crippen molar-refractivity contribution in [2.24, 2.45) is 0 Å². The molecule has 0 amide bonds. The van der Waals surface area contributed by atoms with E-state index in [2.05, 4.69) is 20.9 Å². The van der Waals surface area contributed by atoms with Crippen LogP contribution in [0.1, 0.15) is 5.82 Å². The summed E-state index contributed by atoms with van der Waals surface area (Å²) in [5.74, 6) is 1.13. The van der Waals surface area contributed by atoms with Gasteiger partial charge in [-0.3, -0.25) is 9.36 Å². The van der Waals surface area contributed by atoms with Crippen molar-refractivity contribution >= 4 is 38.6 Å². The van der Waals surface area contributed by atoms with Crippen LogP contribution in [0.3, 0.4) is 0 Å². The average Bonchev–Trinajstić information content (AvgIpc) is 2.57. The van der Waals surface area contributed by atoms with Crippen LogP contribution in [-0.2, 0) is 12.3 Å². The van der Waals surface area contributed by atoms with Crippen LogP contribution in [0, 0.1) is 11.3 Å². The molecular weight excluding hydrogens is 374 g/mol. The van der Waals surface area contributed by atoms with Gasteiger partial charge in [-0.2, -0.15) is 5.26 Å². The summed E-state index contributed by atoms with van der Waals surface area (Å²) in [6.45, 7) is 0.00250. The molecule has 0 spiro atoms. The molecule has 3 aromatic rings. The molecular formula is C17H12BrN3OS. The second-order valence-electron chi connectivity index (χ2n) is 4.81. The fourth-order valence-corrected chi connectivity index (χ4v) is 3.78. The Balaban J connectivity index is 2.02. The van der Waals surface area contributed by atoms with E-state index in [1.165, 1.54) is 4.57 Å². The summed E-state index contributed by atoms with van der Waals surface area (Å²) in [7, 11) is 0. The van der Waals surface area contributed by atoms with Crippen LogP contribution in [0.25, 0.3) is 10.9 Å². The third-order valence-corrected chi connectivity index (χ3v) is 5.39. The van der Waals surface area contributed by atoms with Gasteiger partial charge in [0.1, 0.15) is 12.4 Å². The Kier molecular flexibility index (Phi) is 4.79. The number of nitrogens with zero attached hydrogens (tertiary/aromatic N) is 3. The monoisotopic (exact) mass is 385 g/mol. The van der Waals surface area contributed by atoms with Gasteiger partial charge in [0, 0.05) is 9.37 Å². The van der Waals surface area contributed by atoms with Gasteiger partial charge in [-0.15, -0.1) is 11.8 Å². The molecule has 3 rings (SSSR count). The largest absolute Gasteiger partial charge is 0.281 e. The number of fused-ring (bicyclic) bond motifs is 1. The molecule has 6 heteroatoms. The molecule has 1 aromatic heterocycles. The maximum atomic E-state index is 12.6. The van der Waals surface area contributed by atoms with Crippen molar-refractivity contribution in [3.8, 4) is 6.07 Å². The number of nitriles is 1. The third-order valence-electron chi connectivity index (χ3n) is 3.36. The molecule has 23 heavy (non-hydrogen) atoms. The molecule has 0 N–H and O–H groups in total. The average molecular weight is 386 g/mol. The summed E-state index contributed by atoms with van der Waals surface area (Å²) >= 11 is 5.09. The first-order valence-electron chi connectivity index (χ1n) is 6.93. The fraction of sp³-hybridized carbons (Fsp3) is 0.118. The first-order valence-corrected chi connectivity index (χ1v) is 8.71. The van der Waals surface area contributed by atoms with Crippen LogP contribution in [0.15, 0.2) is 62.7 Å². The van der Waals surface area contributed by atoms with Crippen LogP contribution in [-0.4, -0.2) is 9.55 Å². The molecule has 0 aliphatic carbocycles. The first kappa shape index (κ1) is 15.8. The zero-order valence-corrected chi connectivity index (χ0v) is 14.5. The molecule has 0 fully saturated rings. The predicted octanol–water partition coefficient (Wildman–Crippen LogP) is 3.97. The summed E-state index contributed by atoms with van der Waals surface area (Å²) in [5, 5.41) is 9.56. The van der Waals surface area contributed by atoms with Crippen LogP contribution >= 0.6 is 27.7 Å². The Morgan fingerprint density at radius 2 is 1.91 bits per heavy atom. The van der Waals surface area contributed by atoms with E-state index in [9.17, 15) is 4.79 Å². The molecule has 0 aliphatic heterocycles. The van der Waals surface area contributed by atoms with Crippen LogP contribution in [0.5, 0.6) is 0 Å². The van der Waals surface area contributed by atoms with Gasteiger partial charge in [0.25, 0.3) is 5.56 Å². The van der Waals surface area contributed by atoms with E-state index >= 15 is 0 Å². The maximum Gasteiger partial charge on any atom is 0.262 e. The lowest BCUT2D eigenvalue weighted by Crippen LogP contribution is -2.24. The Morgan fingerprint density at radius 1 is 1.17 bits per heavy atom. The van der Waals surface area contributed by atoms with E-state index in [-0.39, 0.29) is 12.1 Å². The van der Waals surface area contributed by atoms with E-state index < -0.39 is 0 Å². The highest BCUT2D eigenvalue weighted by atomic mass is 79.9. The van der Waals surface area contributed by atoms with Crippen molar-refractivity contribution < 1.29 is 0 Å². The standard InChI is InChI=1S/C17H12BrN3OS/c18-13-6-2-4-8-15(13)23-11-16-20-14-7-3-1-5-12(14)17(22)21(16)10-9-19/h1-8H,10-11H2. The van der Waals surface area contributed by atoms with E-state index in [4.69, 9.17) is 5.26 Å². The zero-order chi connectivity index (χ0) is 16.2. The SMILES string of the molecule is N#CCn1c(CSc2ccccc2Br)nc2ccccc2c1=O. The number of benzene rings is 2. The summed E-state index contributed by atoms with van der Waals surface area (Å²) in [4.78, 5) is 18.2. The van der Waals surface area contributed by atoms with Gasteiger partial charge < -0.3 is 0 Å². The van der Waals surface area contributed by atoms with Gasteiger partial charge in [-0.1, -0.05) is 24.3 Å². The molecule has 0 radical (unpaired) electrons. The number of para-hydroxylation sites is 1. The minimum atomic E-state index is -0.167. The van der Waals surface area contributed by atoms with Gasteiger partial charge in [-0.05, 0) is 40.2 Å². The minimum Gasteiger partial charge on any atom is -0.281 e. The molecule has 114 valence electrons. The van der Waals surface area contributed by atoms with Crippen molar-refractivity contribution in [3.05, 3.63) is 69.2 Å². The van der Waals surface area contributed by atoms with Gasteiger partial charge in [0.05, 0.1) is 22.7 Å². The van der Waals surface area contributed by atoms with E-state index in [0.717, 1.165) is 9.37 Å². The Hall–Kier alpha value is -2.10. The van der Waals surface area contributed by atoms with Gasteiger partial charge in [0.2, 0.25) is 0 Å². The van der Waals surface area contributed by atoms with E-state index in [0.29, 0.717) is 22.5 Å². The molecule has 0 atom stereocenters. The lowest BCUT2D eigenvalue weighted by Gasteiger charge is -2.11. The van der Waals surface area contributed by atoms with E-state index in [1.807, 2.05) is 42.5 Å². The van der Waals surface area contributed by atoms with Crippen molar-refractivity contribution in [2.45, 2.75) is 17.2 Å². The minimum absolute atomic E-state index is 0.00250. The second kappa shape index (κ2) is 6.99. The lowest BCUT2D eigenvalue weighted by atomic mass is 10.2. The highest BCUT2D eigenvalue weighted by Crippen LogP contribution is 2.29. The Morgan fingerprint density at radius 3 is 2.70 bits per heavy atom. The zero-order valence-electron chi connectivity index (χ0n) is 12.1. The van der Waals surface area contributed by atoms with Gasteiger partial charge in [0.15, 0.2) is 0 Å². The molecule has 2 aromatic carbocycles. The summed E-state index contributed by atoms with van der Waals surface area (Å²) in [5.41, 5.74) is 0.495. The highest BCUT2D eigenvalue weighted by Gasteiger charge is 2.11.